The van der Waals surface area contributed by atoms with Crippen molar-refractivity contribution in [3.8, 4) is 0 Å². The van der Waals surface area contributed by atoms with Gasteiger partial charge in [0.05, 0.1) is 0 Å². The molecule has 15 heavy (non-hydrogen) atoms. The number of hydrogen-bond acceptors (Lipinski definition) is 4. The van der Waals surface area contributed by atoms with Crippen molar-refractivity contribution in [1.29, 1.82) is 0 Å². The van der Waals surface area contributed by atoms with Crippen molar-refractivity contribution < 1.29 is 0 Å². The van der Waals surface area contributed by atoms with E-state index in [0.717, 1.165) is 22.7 Å². The van der Waals surface area contributed by atoms with Crippen LogP contribution in [0.25, 0.3) is 0 Å². The molecule has 1 heterocycles. The molecule has 0 spiro atoms. The van der Waals surface area contributed by atoms with Crippen LogP contribution in [0.2, 0.25) is 0 Å². The predicted octanol–water partition coefficient (Wildman–Crippen LogP) is 2.63. The Morgan fingerprint density at radius 2 is 2.33 bits per heavy atom. The molecule has 3 nitrogen and oxygen atoms in total. The van der Waals surface area contributed by atoms with Gasteiger partial charge in [0, 0.05) is 42.7 Å². The Balaban J connectivity index is 0.00000196. The summed E-state index contributed by atoms with van der Waals surface area (Å²) in [6, 6.07) is 0. The SMILES string of the molecule is C=C(Br)CNCc1cnc(N(C)C)s1.Cl. The Hall–Kier alpha value is -0.100. The van der Waals surface area contributed by atoms with Gasteiger partial charge in [-0.2, -0.15) is 0 Å². The van der Waals surface area contributed by atoms with E-state index in [1.54, 1.807) is 11.3 Å². The van der Waals surface area contributed by atoms with Gasteiger partial charge in [-0.25, -0.2) is 4.98 Å². The first-order valence-corrected chi connectivity index (χ1v) is 5.86. The molecule has 0 fully saturated rings. The molecular formula is C9H15BrClN3S. The van der Waals surface area contributed by atoms with Crippen LogP contribution in [-0.2, 0) is 6.54 Å². The van der Waals surface area contributed by atoms with E-state index in [-0.39, 0.29) is 12.4 Å². The molecule has 0 saturated carbocycles. The van der Waals surface area contributed by atoms with E-state index in [0.29, 0.717) is 0 Å². The van der Waals surface area contributed by atoms with E-state index in [2.05, 4.69) is 32.8 Å². The summed E-state index contributed by atoms with van der Waals surface area (Å²) in [7, 11) is 3.99. The fourth-order valence-electron chi connectivity index (χ4n) is 0.907. The summed E-state index contributed by atoms with van der Waals surface area (Å²) in [5.74, 6) is 0. The fraction of sp³-hybridized carbons (Fsp3) is 0.444. The number of nitrogens with one attached hydrogen (secondary N) is 1. The number of rotatable bonds is 5. The van der Waals surface area contributed by atoms with Crippen molar-refractivity contribution in [1.82, 2.24) is 10.3 Å². The average molecular weight is 313 g/mol. The van der Waals surface area contributed by atoms with Gasteiger partial charge in [-0.15, -0.1) is 23.7 Å². The maximum Gasteiger partial charge on any atom is 0.185 e. The zero-order valence-electron chi connectivity index (χ0n) is 8.79. The molecule has 0 amide bonds. The highest BCUT2D eigenvalue weighted by atomic mass is 79.9. The van der Waals surface area contributed by atoms with Crippen molar-refractivity contribution in [3.05, 3.63) is 22.1 Å². The molecule has 1 rings (SSSR count). The van der Waals surface area contributed by atoms with Crippen LogP contribution in [0.15, 0.2) is 17.3 Å². The number of hydrogen-bond donors (Lipinski definition) is 1. The smallest absolute Gasteiger partial charge is 0.185 e. The average Bonchev–Trinajstić information content (AvgIpc) is 2.52. The molecule has 0 saturated heterocycles. The van der Waals surface area contributed by atoms with E-state index in [4.69, 9.17) is 0 Å². The summed E-state index contributed by atoms with van der Waals surface area (Å²) >= 11 is 5.00. The minimum Gasteiger partial charge on any atom is -0.354 e. The number of anilines is 1. The van der Waals surface area contributed by atoms with Gasteiger partial charge in [0.25, 0.3) is 0 Å². The van der Waals surface area contributed by atoms with Gasteiger partial charge in [0.1, 0.15) is 0 Å². The van der Waals surface area contributed by atoms with Crippen LogP contribution in [0.4, 0.5) is 5.13 Å². The molecule has 0 bridgehead atoms. The van der Waals surface area contributed by atoms with E-state index >= 15 is 0 Å². The first kappa shape index (κ1) is 14.9. The van der Waals surface area contributed by atoms with E-state index in [9.17, 15) is 0 Å². The van der Waals surface area contributed by atoms with E-state index in [1.807, 2.05) is 25.2 Å². The van der Waals surface area contributed by atoms with Gasteiger partial charge >= 0.3 is 0 Å². The summed E-state index contributed by atoms with van der Waals surface area (Å²) in [6.07, 6.45) is 1.91. The molecule has 1 aromatic rings. The van der Waals surface area contributed by atoms with Crippen LogP contribution in [0.1, 0.15) is 4.88 Å². The van der Waals surface area contributed by atoms with Crippen molar-refractivity contribution in [2.75, 3.05) is 25.5 Å². The van der Waals surface area contributed by atoms with Crippen LogP contribution in [0.5, 0.6) is 0 Å². The zero-order valence-corrected chi connectivity index (χ0v) is 12.0. The maximum absolute atomic E-state index is 4.28. The Labute approximate surface area is 109 Å². The third kappa shape index (κ3) is 5.51. The van der Waals surface area contributed by atoms with Gasteiger partial charge in [0.2, 0.25) is 0 Å². The molecular weight excluding hydrogens is 298 g/mol. The van der Waals surface area contributed by atoms with Gasteiger partial charge in [-0.1, -0.05) is 22.5 Å². The molecule has 0 unspecified atom stereocenters. The highest BCUT2D eigenvalue weighted by Crippen LogP contribution is 2.19. The summed E-state index contributed by atoms with van der Waals surface area (Å²) < 4.78 is 0.967. The molecule has 0 radical (unpaired) electrons. The van der Waals surface area contributed by atoms with Gasteiger partial charge < -0.3 is 10.2 Å². The van der Waals surface area contributed by atoms with Crippen molar-refractivity contribution in [2.45, 2.75) is 6.54 Å². The van der Waals surface area contributed by atoms with Gasteiger partial charge in [-0.3, -0.25) is 0 Å². The number of nitrogens with zero attached hydrogens (tertiary/aromatic N) is 2. The molecule has 1 aromatic heterocycles. The summed E-state index contributed by atoms with van der Waals surface area (Å²) in [5.41, 5.74) is 0. The lowest BCUT2D eigenvalue weighted by Crippen LogP contribution is -2.13. The lowest BCUT2D eigenvalue weighted by molar-refractivity contribution is 0.766. The van der Waals surface area contributed by atoms with Crippen LogP contribution in [0, 0.1) is 0 Å². The normalized spacial score (nSPS) is 9.53. The second-order valence-corrected chi connectivity index (χ2v) is 5.34. The number of aromatic nitrogens is 1. The third-order valence-corrected chi connectivity index (χ3v) is 2.99. The maximum atomic E-state index is 4.28. The molecule has 86 valence electrons. The zero-order chi connectivity index (χ0) is 10.6. The Morgan fingerprint density at radius 3 is 2.80 bits per heavy atom. The monoisotopic (exact) mass is 311 g/mol. The van der Waals surface area contributed by atoms with Crippen LogP contribution >= 0.6 is 39.7 Å². The first-order valence-electron chi connectivity index (χ1n) is 4.25. The molecule has 0 atom stereocenters. The quantitative estimate of drug-likeness (QED) is 0.906. The highest BCUT2D eigenvalue weighted by Gasteiger charge is 2.02. The fourth-order valence-corrected chi connectivity index (χ4v) is 1.91. The van der Waals surface area contributed by atoms with Crippen LogP contribution in [0.3, 0.4) is 0 Å². The molecule has 0 aromatic carbocycles. The van der Waals surface area contributed by atoms with E-state index < -0.39 is 0 Å². The molecule has 0 aliphatic rings. The van der Waals surface area contributed by atoms with Crippen LogP contribution in [-0.4, -0.2) is 25.6 Å². The predicted molar refractivity (Wildman–Crippen MR) is 73.5 cm³/mol. The lowest BCUT2D eigenvalue weighted by Gasteiger charge is -2.05. The Kier molecular flexibility index (Phi) is 7.17. The summed E-state index contributed by atoms with van der Waals surface area (Å²) in [5, 5.41) is 4.30. The summed E-state index contributed by atoms with van der Waals surface area (Å²) in [6.45, 7) is 5.38. The summed E-state index contributed by atoms with van der Waals surface area (Å²) in [4.78, 5) is 7.53. The highest BCUT2D eigenvalue weighted by molar-refractivity contribution is 9.11. The van der Waals surface area contributed by atoms with Gasteiger partial charge in [0.15, 0.2) is 5.13 Å². The molecule has 6 heteroatoms. The van der Waals surface area contributed by atoms with Crippen molar-refractivity contribution >= 4 is 44.8 Å². The number of halogens is 2. The van der Waals surface area contributed by atoms with Crippen LogP contribution < -0.4 is 10.2 Å². The van der Waals surface area contributed by atoms with Crippen molar-refractivity contribution in [3.63, 3.8) is 0 Å². The Morgan fingerprint density at radius 1 is 1.67 bits per heavy atom. The molecule has 0 aliphatic heterocycles. The number of thiazole rings is 1. The molecule has 1 N–H and O–H groups in total. The largest absolute Gasteiger partial charge is 0.354 e. The molecule has 0 aliphatic carbocycles. The van der Waals surface area contributed by atoms with Crippen molar-refractivity contribution in [2.24, 2.45) is 0 Å². The first-order chi connectivity index (χ1) is 6.59. The minimum atomic E-state index is 0. The lowest BCUT2D eigenvalue weighted by atomic mass is 10.5. The minimum absolute atomic E-state index is 0. The van der Waals surface area contributed by atoms with Gasteiger partial charge in [-0.05, 0) is 0 Å². The second-order valence-electron chi connectivity index (χ2n) is 3.12. The standard InChI is InChI=1S/C9H14BrN3S.ClH/c1-7(10)4-11-5-8-6-12-9(14-8)13(2)3;/h6,11H,1,4-5H2,2-3H3;1H. The Bertz CT molecular complexity index is 314. The topological polar surface area (TPSA) is 28.2 Å². The van der Waals surface area contributed by atoms with E-state index in [1.165, 1.54) is 4.88 Å². The second kappa shape index (κ2) is 7.22. The third-order valence-electron chi connectivity index (χ3n) is 1.54.